The van der Waals surface area contributed by atoms with Crippen molar-refractivity contribution in [2.75, 3.05) is 0 Å². The first-order valence-electron chi connectivity index (χ1n) is 8.65. The zero-order valence-corrected chi connectivity index (χ0v) is 15.5. The fourth-order valence-electron chi connectivity index (χ4n) is 2.67. The molecule has 0 spiro atoms. The van der Waals surface area contributed by atoms with Crippen LogP contribution in [0.4, 0.5) is 5.69 Å². The summed E-state index contributed by atoms with van der Waals surface area (Å²) in [5, 5.41) is 15.1. The number of carbonyl (C=O) groups excluding carboxylic acids is 1. The van der Waals surface area contributed by atoms with E-state index in [1.54, 1.807) is 31.2 Å². The Morgan fingerprint density at radius 2 is 1.82 bits per heavy atom. The van der Waals surface area contributed by atoms with E-state index in [0.29, 0.717) is 17.1 Å². The Bertz CT molecular complexity index is 1040. The van der Waals surface area contributed by atoms with Crippen molar-refractivity contribution in [3.63, 3.8) is 0 Å². The molecule has 3 aromatic rings. The Balaban J connectivity index is 1.65. The lowest BCUT2D eigenvalue weighted by Crippen LogP contribution is -2.19. The molecule has 1 heterocycles. The number of nitro groups is 1. The van der Waals surface area contributed by atoms with Crippen LogP contribution in [0.25, 0.3) is 11.3 Å². The number of hydrazone groups is 1. The maximum absolute atomic E-state index is 11.9. The fourth-order valence-corrected chi connectivity index (χ4v) is 2.67. The molecule has 3 rings (SSSR count). The standard InChI is InChI=1S/C21H19N3O4/c1-14-3-6-16(7-4-14)12-21(25)23-22-13-17-8-10-20(28-17)18-9-5-15(2)11-19(18)24(26)27/h3-11,13H,12H2,1-2H3,(H,23,25)/b22-13-. The summed E-state index contributed by atoms with van der Waals surface area (Å²) in [5.41, 5.74) is 5.62. The van der Waals surface area contributed by atoms with E-state index in [2.05, 4.69) is 10.5 Å². The molecule has 2 aromatic carbocycles. The molecule has 1 aromatic heterocycles. The fraction of sp³-hybridized carbons (Fsp3) is 0.143. The summed E-state index contributed by atoms with van der Waals surface area (Å²) >= 11 is 0. The van der Waals surface area contributed by atoms with Gasteiger partial charge in [0.2, 0.25) is 5.91 Å². The Morgan fingerprint density at radius 1 is 1.11 bits per heavy atom. The van der Waals surface area contributed by atoms with Gasteiger partial charge in [-0.2, -0.15) is 5.10 Å². The van der Waals surface area contributed by atoms with E-state index < -0.39 is 4.92 Å². The summed E-state index contributed by atoms with van der Waals surface area (Å²) in [6.07, 6.45) is 1.58. The minimum atomic E-state index is -0.441. The van der Waals surface area contributed by atoms with Crippen molar-refractivity contribution in [1.29, 1.82) is 0 Å². The number of hydrogen-bond acceptors (Lipinski definition) is 5. The van der Waals surface area contributed by atoms with Crippen molar-refractivity contribution >= 4 is 17.8 Å². The highest BCUT2D eigenvalue weighted by molar-refractivity contribution is 5.82. The lowest BCUT2D eigenvalue weighted by Gasteiger charge is -2.01. The maximum Gasteiger partial charge on any atom is 0.280 e. The van der Waals surface area contributed by atoms with E-state index in [1.807, 2.05) is 31.2 Å². The van der Waals surface area contributed by atoms with Crippen LogP contribution in [-0.4, -0.2) is 17.0 Å². The lowest BCUT2D eigenvalue weighted by molar-refractivity contribution is -0.384. The normalized spacial score (nSPS) is 10.9. The third-order valence-corrected chi connectivity index (χ3v) is 4.11. The Hall–Kier alpha value is -3.74. The van der Waals surface area contributed by atoms with Crippen LogP contribution in [-0.2, 0) is 11.2 Å². The first-order chi connectivity index (χ1) is 13.4. The van der Waals surface area contributed by atoms with Gasteiger partial charge in [-0.1, -0.05) is 35.9 Å². The minimum absolute atomic E-state index is 0.0239. The van der Waals surface area contributed by atoms with Crippen LogP contribution in [0.15, 0.2) is 64.1 Å². The summed E-state index contributed by atoms with van der Waals surface area (Å²) in [6, 6.07) is 15.9. The summed E-state index contributed by atoms with van der Waals surface area (Å²) in [7, 11) is 0. The number of nitrogens with zero attached hydrogens (tertiary/aromatic N) is 2. The summed E-state index contributed by atoms with van der Waals surface area (Å²) < 4.78 is 5.61. The Kier molecular flexibility index (Phi) is 5.64. The molecule has 7 nitrogen and oxygen atoms in total. The Labute approximate surface area is 161 Å². The average molecular weight is 377 g/mol. The second kappa shape index (κ2) is 8.30. The molecule has 0 unspecified atom stereocenters. The molecule has 0 saturated heterocycles. The molecule has 0 fully saturated rings. The lowest BCUT2D eigenvalue weighted by atomic mass is 10.1. The van der Waals surface area contributed by atoms with Crippen molar-refractivity contribution in [3.05, 3.63) is 87.2 Å². The van der Waals surface area contributed by atoms with Crippen molar-refractivity contribution in [2.24, 2.45) is 5.10 Å². The van der Waals surface area contributed by atoms with Crippen LogP contribution >= 0.6 is 0 Å². The van der Waals surface area contributed by atoms with Crippen LogP contribution in [0.3, 0.4) is 0 Å². The molecule has 0 aliphatic rings. The molecule has 1 N–H and O–H groups in total. The van der Waals surface area contributed by atoms with E-state index in [0.717, 1.165) is 16.7 Å². The molecule has 0 aliphatic carbocycles. The molecule has 0 radical (unpaired) electrons. The van der Waals surface area contributed by atoms with Crippen molar-refractivity contribution in [3.8, 4) is 11.3 Å². The molecule has 0 saturated carbocycles. The molecule has 28 heavy (non-hydrogen) atoms. The third kappa shape index (κ3) is 4.70. The number of rotatable bonds is 6. The van der Waals surface area contributed by atoms with Gasteiger partial charge >= 0.3 is 0 Å². The van der Waals surface area contributed by atoms with Gasteiger partial charge in [-0.3, -0.25) is 14.9 Å². The maximum atomic E-state index is 11.9. The van der Waals surface area contributed by atoms with Crippen LogP contribution in [0.2, 0.25) is 0 Å². The number of nitro benzene ring substituents is 1. The summed E-state index contributed by atoms with van der Waals surface area (Å²) in [6.45, 7) is 3.77. The van der Waals surface area contributed by atoms with Crippen molar-refractivity contribution in [1.82, 2.24) is 5.43 Å². The van der Waals surface area contributed by atoms with Gasteiger partial charge in [0.15, 0.2) is 0 Å². The monoisotopic (exact) mass is 377 g/mol. The highest BCUT2D eigenvalue weighted by Crippen LogP contribution is 2.31. The van der Waals surface area contributed by atoms with E-state index in [1.165, 1.54) is 12.3 Å². The van der Waals surface area contributed by atoms with Gasteiger partial charge in [-0.05, 0) is 43.2 Å². The van der Waals surface area contributed by atoms with Gasteiger partial charge in [0.1, 0.15) is 11.5 Å². The molecule has 1 amide bonds. The van der Waals surface area contributed by atoms with Crippen LogP contribution in [0, 0.1) is 24.0 Å². The Morgan fingerprint density at radius 3 is 2.54 bits per heavy atom. The van der Waals surface area contributed by atoms with E-state index in [9.17, 15) is 14.9 Å². The number of benzene rings is 2. The quantitative estimate of drug-likeness (QED) is 0.396. The van der Waals surface area contributed by atoms with Crippen molar-refractivity contribution < 1.29 is 14.1 Å². The number of carbonyl (C=O) groups is 1. The van der Waals surface area contributed by atoms with Gasteiger partial charge < -0.3 is 4.42 Å². The highest BCUT2D eigenvalue weighted by Gasteiger charge is 2.18. The topological polar surface area (TPSA) is 97.7 Å². The highest BCUT2D eigenvalue weighted by atomic mass is 16.6. The smallest absolute Gasteiger partial charge is 0.280 e. The molecule has 0 bridgehead atoms. The number of nitrogens with one attached hydrogen (secondary N) is 1. The van der Waals surface area contributed by atoms with Crippen LogP contribution < -0.4 is 5.43 Å². The first-order valence-corrected chi connectivity index (χ1v) is 8.65. The number of hydrogen-bond donors (Lipinski definition) is 1. The van der Waals surface area contributed by atoms with Crippen molar-refractivity contribution in [2.45, 2.75) is 20.3 Å². The second-order valence-corrected chi connectivity index (χ2v) is 6.44. The van der Waals surface area contributed by atoms with Gasteiger partial charge in [-0.25, -0.2) is 5.43 Å². The summed E-state index contributed by atoms with van der Waals surface area (Å²) in [5.74, 6) is 0.487. The predicted molar refractivity (Wildman–Crippen MR) is 106 cm³/mol. The van der Waals surface area contributed by atoms with Gasteiger partial charge in [0, 0.05) is 6.07 Å². The molecular formula is C21H19N3O4. The largest absolute Gasteiger partial charge is 0.455 e. The van der Waals surface area contributed by atoms with Gasteiger partial charge in [-0.15, -0.1) is 0 Å². The first kappa shape index (κ1) is 19.0. The molecule has 0 atom stereocenters. The average Bonchev–Trinajstić information content (AvgIpc) is 3.12. The number of aryl methyl sites for hydroxylation is 2. The van der Waals surface area contributed by atoms with Crippen LogP contribution in [0.5, 0.6) is 0 Å². The number of furan rings is 1. The van der Waals surface area contributed by atoms with Gasteiger partial charge in [0.05, 0.1) is 23.1 Å². The SMILES string of the molecule is Cc1ccc(CC(=O)N/N=C\c2ccc(-c3ccc(C)cc3[N+](=O)[O-])o2)cc1. The predicted octanol–water partition coefficient (Wildman–Crippen LogP) is 4.16. The van der Waals surface area contributed by atoms with E-state index >= 15 is 0 Å². The zero-order valence-electron chi connectivity index (χ0n) is 15.5. The third-order valence-electron chi connectivity index (χ3n) is 4.11. The minimum Gasteiger partial charge on any atom is -0.455 e. The van der Waals surface area contributed by atoms with E-state index in [-0.39, 0.29) is 18.0 Å². The van der Waals surface area contributed by atoms with Crippen LogP contribution in [0.1, 0.15) is 22.5 Å². The second-order valence-electron chi connectivity index (χ2n) is 6.44. The van der Waals surface area contributed by atoms with Gasteiger partial charge in [0.25, 0.3) is 5.69 Å². The molecule has 142 valence electrons. The molecular weight excluding hydrogens is 358 g/mol. The molecule has 7 heteroatoms. The molecule has 0 aliphatic heterocycles. The van der Waals surface area contributed by atoms with E-state index in [4.69, 9.17) is 4.42 Å². The zero-order chi connectivity index (χ0) is 20.1. The number of amides is 1. The summed E-state index contributed by atoms with van der Waals surface area (Å²) in [4.78, 5) is 22.8.